The average molecular weight is 827 g/mol. The zero-order chi connectivity index (χ0) is 42.7. The van der Waals surface area contributed by atoms with Crippen LogP contribution in [0.2, 0.25) is 0 Å². The molecule has 4 nitrogen and oxygen atoms in total. The summed E-state index contributed by atoms with van der Waals surface area (Å²) in [6.07, 6.45) is 0. The van der Waals surface area contributed by atoms with Crippen molar-refractivity contribution in [2.45, 2.75) is 0 Å². The number of aromatic nitrogens is 4. The van der Waals surface area contributed by atoms with Crippen molar-refractivity contribution < 1.29 is 8.78 Å². The van der Waals surface area contributed by atoms with Gasteiger partial charge in [0.05, 0.1) is 44.8 Å². The Morgan fingerprint density at radius 1 is 0.297 bits per heavy atom. The lowest BCUT2D eigenvalue weighted by Gasteiger charge is -2.21. The topological polar surface area (TPSA) is 35.6 Å². The Balaban J connectivity index is 1.20. The Hall–Kier alpha value is -8.48. The number of hydrogen-bond donors (Lipinski definition) is 0. The summed E-state index contributed by atoms with van der Waals surface area (Å²) >= 11 is 0. The smallest absolute Gasteiger partial charge is 0.160 e. The minimum absolute atomic E-state index is 0.298. The standard InChI is InChI=1S/C58H36F2N4/c59-40-32-28-37(29-33-40)42-20-12-22-48(56(42)63-52-24-8-4-16-44(52)45-17-5-9-25-53(45)63)50-36-51(62-58(61-50)39-14-2-1-3-15-39)49-23-13-21-43(38-30-34-41(60)35-31-38)57(49)64-54-26-10-6-18-46(54)47-19-7-11-27-55(47)64/h1-36H. The van der Waals surface area contributed by atoms with Crippen LogP contribution in [-0.2, 0) is 0 Å². The van der Waals surface area contributed by atoms with E-state index in [0.717, 1.165) is 93.9 Å². The Morgan fingerprint density at radius 2 is 0.641 bits per heavy atom. The van der Waals surface area contributed by atoms with Gasteiger partial charge in [0.25, 0.3) is 0 Å². The van der Waals surface area contributed by atoms with Gasteiger partial charge in [0.2, 0.25) is 0 Å². The number of hydrogen-bond acceptors (Lipinski definition) is 2. The third-order valence-corrected chi connectivity index (χ3v) is 12.3. The SMILES string of the molecule is Fc1ccc(-c2cccc(-c3cc(-c4cccc(-c5ccc(F)cc5)c4-n4c5ccccc5c5ccccc54)nc(-c4ccccc4)n3)c2-n2c3ccccc3c3ccccc32)cc1. The molecular weight excluding hydrogens is 791 g/mol. The maximum atomic E-state index is 14.6. The zero-order valence-electron chi connectivity index (χ0n) is 34.3. The molecule has 302 valence electrons. The van der Waals surface area contributed by atoms with Gasteiger partial charge in [-0.3, -0.25) is 0 Å². The van der Waals surface area contributed by atoms with Gasteiger partial charge in [-0.05, 0) is 65.7 Å². The van der Waals surface area contributed by atoms with E-state index in [1.54, 1.807) is 0 Å². The predicted octanol–water partition coefficient (Wildman–Crippen LogP) is 15.3. The third kappa shape index (κ3) is 6.10. The van der Waals surface area contributed by atoms with E-state index in [2.05, 4.69) is 137 Å². The second-order valence-corrected chi connectivity index (χ2v) is 16.0. The van der Waals surface area contributed by atoms with Gasteiger partial charge in [-0.15, -0.1) is 0 Å². The molecule has 0 bridgehead atoms. The van der Waals surface area contributed by atoms with Crippen molar-refractivity contribution in [1.82, 2.24) is 19.1 Å². The first-order chi connectivity index (χ1) is 31.6. The first kappa shape index (κ1) is 37.3. The molecule has 0 aliphatic rings. The number of rotatable bonds is 7. The van der Waals surface area contributed by atoms with Crippen molar-refractivity contribution in [2.75, 3.05) is 0 Å². The van der Waals surface area contributed by atoms with Crippen molar-refractivity contribution in [1.29, 1.82) is 0 Å². The van der Waals surface area contributed by atoms with Crippen molar-refractivity contribution in [3.05, 3.63) is 230 Å². The maximum absolute atomic E-state index is 14.6. The van der Waals surface area contributed by atoms with Crippen LogP contribution in [0, 0.1) is 11.6 Å². The highest BCUT2D eigenvalue weighted by molar-refractivity contribution is 6.12. The number of nitrogens with zero attached hydrogens (tertiary/aromatic N) is 4. The number of fused-ring (bicyclic) bond motifs is 6. The Kier molecular flexibility index (Phi) is 8.83. The van der Waals surface area contributed by atoms with Crippen molar-refractivity contribution >= 4 is 43.6 Å². The van der Waals surface area contributed by atoms with E-state index >= 15 is 0 Å². The molecule has 3 heterocycles. The monoisotopic (exact) mass is 826 g/mol. The molecule has 0 aliphatic carbocycles. The van der Waals surface area contributed by atoms with Crippen LogP contribution in [-0.4, -0.2) is 19.1 Å². The fraction of sp³-hybridized carbons (Fsp3) is 0. The summed E-state index contributed by atoms with van der Waals surface area (Å²) in [7, 11) is 0. The number of para-hydroxylation sites is 6. The van der Waals surface area contributed by atoms with Gasteiger partial charge in [-0.25, -0.2) is 18.7 Å². The van der Waals surface area contributed by atoms with Gasteiger partial charge in [0.15, 0.2) is 5.82 Å². The van der Waals surface area contributed by atoms with Crippen molar-refractivity contribution in [3.8, 4) is 67.5 Å². The maximum Gasteiger partial charge on any atom is 0.160 e. The second-order valence-electron chi connectivity index (χ2n) is 16.0. The molecule has 0 aliphatic heterocycles. The molecule has 0 amide bonds. The summed E-state index contributed by atoms with van der Waals surface area (Å²) in [4.78, 5) is 10.9. The molecule has 0 spiro atoms. The Bertz CT molecular complexity index is 3410. The van der Waals surface area contributed by atoms with Gasteiger partial charge < -0.3 is 9.13 Å². The summed E-state index contributed by atoms with van der Waals surface area (Å²) < 4.78 is 33.8. The van der Waals surface area contributed by atoms with E-state index in [1.165, 1.54) is 24.3 Å². The van der Waals surface area contributed by atoms with Crippen LogP contribution >= 0.6 is 0 Å². The van der Waals surface area contributed by atoms with Crippen molar-refractivity contribution in [2.24, 2.45) is 0 Å². The largest absolute Gasteiger partial charge is 0.308 e. The fourth-order valence-electron chi connectivity index (χ4n) is 9.47. The molecule has 0 fully saturated rings. The van der Waals surface area contributed by atoms with E-state index in [-0.39, 0.29) is 11.6 Å². The van der Waals surface area contributed by atoms with E-state index in [4.69, 9.17) is 9.97 Å². The highest BCUT2D eigenvalue weighted by atomic mass is 19.1. The van der Waals surface area contributed by atoms with Crippen LogP contribution in [0.5, 0.6) is 0 Å². The van der Waals surface area contributed by atoms with Crippen LogP contribution in [0.1, 0.15) is 0 Å². The molecule has 0 saturated carbocycles. The summed E-state index contributed by atoms with van der Waals surface area (Å²) in [5.41, 5.74) is 13.6. The first-order valence-corrected chi connectivity index (χ1v) is 21.3. The van der Waals surface area contributed by atoms with Gasteiger partial charge in [-0.1, -0.05) is 164 Å². The second kappa shape index (κ2) is 15.2. The molecule has 0 saturated heterocycles. The highest BCUT2D eigenvalue weighted by Gasteiger charge is 2.24. The predicted molar refractivity (Wildman–Crippen MR) is 258 cm³/mol. The van der Waals surface area contributed by atoms with Crippen LogP contribution in [0.4, 0.5) is 8.78 Å². The van der Waals surface area contributed by atoms with E-state index in [9.17, 15) is 8.78 Å². The molecule has 0 unspecified atom stereocenters. The molecule has 6 heteroatoms. The van der Waals surface area contributed by atoms with Crippen molar-refractivity contribution in [3.63, 3.8) is 0 Å². The van der Waals surface area contributed by atoms with Gasteiger partial charge in [0.1, 0.15) is 11.6 Å². The summed E-state index contributed by atoms with van der Waals surface area (Å²) in [6, 6.07) is 71.9. The summed E-state index contributed by atoms with van der Waals surface area (Å²) in [5.74, 6) is -0.0322. The number of benzene rings is 9. The molecule has 0 N–H and O–H groups in total. The molecule has 64 heavy (non-hydrogen) atoms. The molecule has 12 rings (SSSR count). The van der Waals surface area contributed by atoms with E-state index in [1.807, 2.05) is 66.7 Å². The summed E-state index contributed by atoms with van der Waals surface area (Å²) in [5, 5.41) is 4.50. The quantitative estimate of drug-likeness (QED) is 0.160. The first-order valence-electron chi connectivity index (χ1n) is 21.3. The van der Waals surface area contributed by atoms with Gasteiger partial charge in [0, 0.05) is 49.4 Å². The van der Waals surface area contributed by atoms with Crippen LogP contribution < -0.4 is 0 Å². The zero-order valence-corrected chi connectivity index (χ0v) is 34.3. The molecule has 3 aromatic heterocycles. The average Bonchev–Trinajstić information content (AvgIpc) is 3.87. The van der Waals surface area contributed by atoms with E-state index < -0.39 is 0 Å². The molecule has 9 aromatic carbocycles. The van der Waals surface area contributed by atoms with Gasteiger partial charge in [-0.2, -0.15) is 0 Å². The summed E-state index contributed by atoms with van der Waals surface area (Å²) in [6.45, 7) is 0. The minimum atomic E-state index is -0.298. The van der Waals surface area contributed by atoms with Crippen LogP contribution in [0.15, 0.2) is 218 Å². The third-order valence-electron chi connectivity index (χ3n) is 12.3. The normalized spacial score (nSPS) is 11.6. The lowest BCUT2D eigenvalue weighted by molar-refractivity contribution is 0.627. The molecule has 0 atom stereocenters. The van der Waals surface area contributed by atoms with Crippen LogP contribution in [0.25, 0.3) is 111 Å². The Morgan fingerprint density at radius 3 is 1.03 bits per heavy atom. The molecular formula is C58H36F2N4. The highest BCUT2D eigenvalue weighted by Crippen LogP contribution is 2.45. The van der Waals surface area contributed by atoms with Crippen LogP contribution in [0.3, 0.4) is 0 Å². The van der Waals surface area contributed by atoms with Gasteiger partial charge >= 0.3 is 0 Å². The Labute approximate surface area is 367 Å². The lowest BCUT2D eigenvalue weighted by Crippen LogP contribution is -2.05. The lowest BCUT2D eigenvalue weighted by atomic mass is 9.95. The van der Waals surface area contributed by atoms with E-state index in [0.29, 0.717) is 17.2 Å². The number of halogens is 2. The molecule has 0 radical (unpaired) electrons. The fourth-order valence-corrected chi connectivity index (χ4v) is 9.47. The minimum Gasteiger partial charge on any atom is -0.308 e. The molecule has 12 aromatic rings.